The highest BCUT2D eigenvalue weighted by molar-refractivity contribution is 5.73. The third-order valence-electron chi connectivity index (χ3n) is 3.48. The smallest absolute Gasteiger partial charge is 0.322 e. The van der Waals surface area contributed by atoms with Crippen molar-refractivity contribution in [3.63, 3.8) is 0 Å². The van der Waals surface area contributed by atoms with Gasteiger partial charge in [-0.15, -0.1) is 0 Å². The van der Waals surface area contributed by atoms with Crippen molar-refractivity contribution in [2.24, 2.45) is 0 Å². The van der Waals surface area contributed by atoms with Gasteiger partial charge in [0.2, 0.25) is 0 Å². The minimum Gasteiger partial charge on any atom is -0.480 e. The van der Waals surface area contributed by atoms with Crippen LogP contribution in [0.4, 0.5) is 0 Å². The second kappa shape index (κ2) is 7.07. The van der Waals surface area contributed by atoms with Crippen LogP contribution in [-0.2, 0) is 4.79 Å². The maximum absolute atomic E-state index is 11.2. The Morgan fingerprint density at radius 2 is 2.17 bits per heavy atom. The van der Waals surface area contributed by atoms with Gasteiger partial charge in [0, 0.05) is 25.2 Å². The Hall–Kier alpha value is -0.650. The first-order chi connectivity index (χ1) is 8.40. The molecule has 0 aromatic rings. The summed E-state index contributed by atoms with van der Waals surface area (Å²) in [5.74, 6) is -0.754. The molecule has 0 amide bonds. The lowest BCUT2D eigenvalue weighted by molar-refractivity contribution is -0.140. The zero-order chi connectivity index (χ0) is 13.7. The number of nitrogens with one attached hydrogen (secondary N) is 1. The second-order valence-electron chi connectivity index (χ2n) is 5.73. The maximum Gasteiger partial charge on any atom is 0.322 e. The molecule has 1 heterocycles. The van der Waals surface area contributed by atoms with Crippen molar-refractivity contribution >= 4 is 5.97 Å². The average Bonchev–Trinajstić information content (AvgIpc) is 2.27. The van der Waals surface area contributed by atoms with E-state index in [1.807, 2.05) is 13.8 Å². The van der Waals surface area contributed by atoms with Crippen molar-refractivity contribution in [2.45, 2.75) is 44.8 Å². The van der Waals surface area contributed by atoms with Gasteiger partial charge in [-0.2, -0.15) is 0 Å². The number of carboxylic acid groups (broad SMARTS) is 1. The van der Waals surface area contributed by atoms with Crippen LogP contribution in [0.5, 0.6) is 0 Å². The minimum atomic E-state index is -0.754. The molecule has 2 atom stereocenters. The number of nitrogens with zero attached hydrogens (tertiary/aromatic N) is 2. The number of likely N-dealkylation sites (N-methyl/N-ethyl adjacent to an activating group) is 1. The second-order valence-corrected chi connectivity index (χ2v) is 5.73. The molecule has 1 aliphatic heterocycles. The Morgan fingerprint density at radius 3 is 2.67 bits per heavy atom. The van der Waals surface area contributed by atoms with Gasteiger partial charge in [-0.25, -0.2) is 0 Å². The van der Waals surface area contributed by atoms with E-state index in [1.165, 1.54) is 6.42 Å². The van der Waals surface area contributed by atoms with Crippen molar-refractivity contribution < 1.29 is 9.90 Å². The molecule has 18 heavy (non-hydrogen) atoms. The molecule has 1 rings (SSSR count). The predicted molar refractivity (Wildman–Crippen MR) is 72.8 cm³/mol. The van der Waals surface area contributed by atoms with E-state index < -0.39 is 12.0 Å². The normalized spacial score (nSPS) is 23.6. The molecule has 5 nitrogen and oxygen atoms in total. The van der Waals surface area contributed by atoms with E-state index in [0.717, 1.165) is 19.5 Å². The Morgan fingerprint density at radius 1 is 1.50 bits per heavy atom. The highest BCUT2D eigenvalue weighted by Gasteiger charge is 2.26. The summed E-state index contributed by atoms with van der Waals surface area (Å²) in [6, 6.07) is 0.277. The number of piperidine rings is 1. The fourth-order valence-corrected chi connectivity index (χ4v) is 2.48. The van der Waals surface area contributed by atoms with Crippen molar-refractivity contribution in [1.82, 2.24) is 15.1 Å². The number of hydrogen-bond donors (Lipinski definition) is 2. The van der Waals surface area contributed by atoms with Crippen molar-refractivity contribution in [2.75, 3.05) is 33.7 Å². The first kappa shape index (κ1) is 15.4. The standard InChI is InChI=1S/C13H27N3O2/c1-10(2)14-12(13(17)18)9-16-7-5-6-11(8-16)15(3)4/h10-12,14H,5-9H2,1-4H3,(H,17,18). The van der Waals surface area contributed by atoms with Crippen molar-refractivity contribution in [1.29, 1.82) is 0 Å². The summed E-state index contributed by atoms with van der Waals surface area (Å²) < 4.78 is 0. The number of carboxylic acids is 1. The van der Waals surface area contributed by atoms with E-state index in [0.29, 0.717) is 12.6 Å². The highest BCUT2D eigenvalue weighted by atomic mass is 16.4. The molecule has 2 unspecified atom stereocenters. The summed E-state index contributed by atoms with van der Waals surface area (Å²) in [4.78, 5) is 15.7. The topological polar surface area (TPSA) is 55.8 Å². The molecule has 0 spiro atoms. The monoisotopic (exact) mass is 257 g/mol. The third kappa shape index (κ3) is 4.92. The average molecular weight is 257 g/mol. The van der Waals surface area contributed by atoms with E-state index in [4.69, 9.17) is 0 Å². The molecule has 1 aliphatic rings. The SMILES string of the molecule is CC(C)NC(CN1CCCC(N(C)C)C1)C(=O)O. The molecule has 2 N–H and O–H groups in total. The molecule has 0 saturated carbocycles. The van der Waals surface area contributed by atoms with Gasteiger partial charge in [0.15, 0.2) is 0 Å². The van der Waals surface area contributed by atoms with Crippen molar-refractivity contribution in [3.05, 3.63) is 0 Å². The quantitative estimate of drug-likeness (QED) is 0.724. The molecule has 0 radical (unpaired) electrons. The summed E-state index contributed by atoms with van der Waals surface area (Å²) in [7, 11) is 4.18. The summed E-state index contributed by atoms with van der Waals surface area (Å²) >= 11 is 0. The number of aliphatic carboxylic acids is 1. The molecule has 5 heteroatoms. The number of rotatable bonds is 6. The summed E-state index contributed by atoms with van der Waals surface area (Å²) in [6.45, 7) is 6.53. The van der Waals surface area contributed by atoms with Crippen molar-refractivity contribution in [3.8, 4) is 0 Å². The highest BCUT2D eigenvalue weighted by Crippen LogP contribution is 2.14. The number of likely N-dealkylation sites (tertiary alicyclic amines) is 1. The Kier molecular flexibility index (Phi) is 6.05. The van der Waals surface area contributed by atoms with Crippen LogP contribution in [0.25, 0.3) is 0 Å². The van der Waals surface area contributed by atoms with Gasteiger partial charge >= 0.3 is 5.97 Å². The van der Waals surface area contributed by atoms with E-state index in [2.05, 4.69) is 29.2 Å². The van der Waals surface area contributed by atoms with Gasteiger partial charge in [0.25, 0.3) is 0 Å². The van der Waals surface area contributed by atoms with Gasteiger partial charge in [0.05, 0.1) is 0 Å². The predicted octanol–water partition coefficient (Wildman–Crippen LogP) is 0.464. The van der Waals surface area contributed by atoms with E-state index in [9.17, 15) is 9.90 Å². The molecule has 0 aromatic heterocycles. The first-order valence-electron chi connectivity index (χ1n) is 6.77. The van der Waals surface area contributed by atoms with Gasteiger partial charge in [-0.3, -0.25) is 9.69 Å². The van der Waals surface area contributed by atoms with Crippen LogP contribution >= 0.6 is 0 Å². The van der Waals surface area contributed by atoms with Crippen LogP contribution in [0.2, 0.25) is 0 Å². The molecule has 1 fully saturated rings. The van der Waals surface area contributed by atoms with E-state index >= 15 is 0 Å². The maximum atomic E-state index is 11.2. The van der Waals surface area contributed by atoms with E-state index in [-0.39, 0.29) is 6.04 Å². The van der Waals surface area contributed by atoms with Gasteiger partial charge < -0.3 is 15.3 Å². The largest absolute Gasteiger partial charge is 0.480 e. The molecule has 0 aliphatic carbocycles. The lowest BCUT2D eigenvalue weighted by Crippen LogP contribution is -2.53. The zero-order valence-electron chi connectivity index (χ0n) is 12.0. The zero-order valence-corrected chi connectivity index (χ0v) is 12.0. The van der Waals surface area contributed by atoms with Crippen LogP contribution in [0.15, 0.2) is 0 Å². The van der Waals surface area contributed by atoms with Crippen LogP contribution in [0, 0.1) is 0 Å². The lowest BCUT2D eigenvalue weighted by atomic mass is 10.0. The minimum absolute atomic E-state index is 0.195. The van der Waals surface area contributed by atoms with Gasteiger partial charge in [0.1, 0.15) is 6.04 Å². The van der Waals surface area contributed by atoms with Crippen LogP contribution in [0.1, 0.15) is 26.7 Å². The van der Waals surface area contributed by atoms with Gasteiger partial charge in [-0.1, -0.05) is 13.8 Å². The fraction of sp³-hybridized carbons (Fsp3) is 0.923. The van der Waals surface area contributed by atoms with E-state index in [1.54, 1.807) is 0 Å². The molecule has 0 aromatic carbocycles. The Balaban J connectivity index is 2.50. The molecule has 1 saturated heterocycles. The van der Waals surface area contributed by atoms with Crippen LogP contribution in [0.3, 0.4) is 0 Å². The number of hydrogen-bond acceptors (Lipinski definition) is 4. The Bertz CT molecular complexity index is 269. The first-order valence-corrected chi connectivity index (χ1v) is 6.77. The molecular weight excluding hydrogens is 230 g/mol. The summed E-state index contributed by atoms with van der Waals surface area (Å²) in [6.07, 6.45) is 2.36. The molecule has 0 bridgehead atoms. The fourth-order valence-electron chi connectivity index (χ4n) is 2.48. The van der Waals surface area contributed by atoms with Crippen LogP contribution in [-0.4, -0.2) is 72.7 Å². The summed E-state index contributed by atoms with van der Waals surface area (Å²) in [5, 5.41) is 12.3. The third-order valence-corrected chi connectivity index (χ3v) is 3.48. The van der Waals surface area contributed by atoms with Crippen LogP contribution < -0.4 is 5.32 Å². The lowest BCUT2D eigenvalue weighted by Gasteiger charge is -2.37. The number of carbonyl (C=O) groups is 1. The molecule has 106 valence electrons. The summed E-state index contributed by atoms with van der Waals surface area (Å²) in [5.41, 5.74) is 0. The Labute approximate surface area is 110 Å². The van der Waals surface area contributed by atoms with Gasteiger partial charge in [-0.05, 0) is 33.5 Å². The molecular formula is C13H27N3O2.